The van der Waals surface area contributed by atoms with Gasteiger partial charge in [-0.25, -0.2) is 4.79 Å². The van der Waals surface area contributed by atoms with Crippen molar-refractivity contribution in [1.29, 1.82) is 0 Å². The van der Waals surface area contributed by atoms with Gasteiger partial charge < -0.3 is 14.8 Å². The molecule has 1 aliphatic rings. The van der Waals surface area contributed by atoms with Crippen molar-refractivity contribution in [2.45, 2.75) is 38.8 Å². The summed E-state index contributed by atoms with van der Waals surface area (Å²) in [6.07, 6.45) is 3.51. The van der Waals surface area contributed by atoms with E-state index in [1.54, 1.807) is 17.7 Å². The van der Waals surface area contributed by atoms with Crippen LogP contribution in [0.2, 0.25) is 0 Å². The highest BCUT2D eigenvalue weighted by atomic mass is 32.1. The van der Waals surface area contributed by atoms with Crippen LogP contribution in [0, 0.1) is 0 Å². The average Bonchev–Trinajstić information content (AvgIpc) is 3.14. The lowest BCUT2D eigenvalue weighted by molar-refractivity contribution is 0.164. The highest BCUT2D eigenvalue weighted by Crippen LogP contribution is 2.35. The number of hydrogen-bond donors (Lipinski definition) is 1. The summed E-state index contributed by atoms with van der Waals surface area (Å²) < 4.78 is 1.83. The lowest BCUT2D eigenvalue weighted by Crippen LogP contribution is -2.46. The van der Waals surface area contributed by atoms with E-state index in [2.05, 4.69) is 33.9 Å². The minimum Gasteiger partial charge on any atom is -0.328 e. The van der Waals surface area contributed by atoms with Crippen molar-refractivity contribution in [2.24, 2.45) is 7.05 Å². The van der Waals surface area contributed by atoms with E-state index in [0.717, 1.165) is 25.2 Å². The second kappa shape index (κ2) is 6.08. The SMILES string of the molecule is CC[C@H]1c2ccsc2CCN1C(=O)N[C@H](C)c1nncn1C. The van der Waals surface area contributed by atoms with Gasteiger partial charge in [0.2, 0.25) is 0 Å². The van der Waals surface area contributed by atoms with Crippen LogP contribution in [0.4, 0.5) is 4.79 Å². The molecule has 0 spiro atoms. The molecular formula is C15H21N5OS. The van der Waals surface area contributed by atoms with Crippen molar-refractivity contribution in [1.82, 2.24) is 25.0 Å². The number of aromatic nitrogens is 3. The van der Waals surface area contributed by atoms with Crippen LogP contribution in [0.1, 0.15) is 48.6 Å². The van der Waals surface area contributed by atoms with E-state index < -0.39 is 0 Å². The van der Waals surface area contributed by atoms with E-state index in [1.165, 1.54) is 10.4 Å². The molecule has 1 aliphatic heterocycles. The van der Waals surface area contributed by atoms with Gasteiger partial charge in [-0.2, -0.15) is 0 Å². The number of hydrogen-bond acceptors (Lipinski definition) is 4. The zero-order chi connectivity index (χ0) is 15.7. The first-order chi connectivity index (χ1) is 10.6. The van der Waals surface area contributed by atoms with E-state index >= 15 is 0 Å². The van der Waals surface area contributed by atoms with Gasteiger partial charge in [-0.3, -0.25) is 0 Å². The number of fused-ring (bicyclic) bond motifs is 1. The Bertz CT molecular complexity index is 664. The van der Waals surface area contributed by atoms with Crippen LogP contribution in [0.5, 0.6) is 0 Å². The van der Waals surface area contributed by atoms with Crippen LogP contribution in [-0.2, 0) is 13.5 Å². The number of thiophene rings is 1. The van der Waals surface area contributed by atoms with Crippen molar-refractivity contribution in [3.63, 3.8) is 0 Å². The third-order valence-corrected chi connectivity index (χ3v) is 5.21. The molecule has 3 heterocycles. The second-order valence-corrected chi connectivity index (χ2v) is 6.64. The van der Waals surface area contributed by atoms with Crippen LogP contribution in [-0.4, -0.2) is 32.2 Å². The van der Waals surface area contributed by atoms with Gasteiger partial charge in [0, 0.05) is 18.5 Å². The fraction of sp³-hybridized carbons (Fsp3) is 0.533. The molecule has 0 saturated heterocycles. The minimum atomic E-state index is -0.165. The molecule has 1 N–H and O–H groups in total. The maximum atomic E-state index is 12.7. The lowest BCUT2D eigenvalue weighted by atomic mass is 9.98. The van der Waals surface area contributed by atoms with E-state index in [-0.39, 0.29) is 18.1 Å². The summed E-state index contributed by atoms with van der Waals surface area (Å²) in [7, 11) is 1.88. The highest BCUT2D eigenvalue weighted by Gasteiger charge is 2.31. The van der Waals surface area contributed by atoms with E-state index in [9.17, 15) is 4.79 Å². The van der Waals surface area contributed by atoms with Crippen molar-refractivity contribution in [2.75, 3.05) is 6.54 Å². The largest absolute Gasteiger partial charge is 0.328 e. The van der Waals surface area contributed by atoms with Crippen molar-refractivity contribution in [3.05, 3.63) is 34.0 Å². The van der Waals surface area contributed by atoms with Gasteiger partial charge in [-0.05, 0) is 36.8 Å². The summed E-state index contributed by atoms with van der Waals surface area (Å²) in [5.74, 6) is 0.759. The van der Waals surface area contributed by atoms with Gasteiger partial charge in [0.1, 0.15) is 6.33 Å². The molecule has 0 unspecified atom stereocenters. The smallest absolute Gasteiger partial charge is 0.318 e. The number of urea groups is 1. The summed E-state index contributed by atoms with van der Waals surface area (Å²) in [4.78, 5) is 16.0. The minimum absolute atomic E-state index is 0.0285. The normalized spacial score (nSPS) is 18.9. The summed E-state index contributed by atoms with van der Waals surface area (Å²) in [5, 5.41) is 13.1. The zero-order valence-electron chi connectivity index (χ0n) is 13.1. The molecule has 0 bridgehead atoms. The van der Waals surface area contributed by atoms with Crippen LogP contribution < -0.4 is 5.32 Å². The molecular weight excluding hydrogens is 298 g/mol. The van der Waals surface area contributed by atoms with Gasteiger partial charge >= 0.3 is 6.03 Å². The Kier molecular flexibility index (Phi) is 4.15. The Morgan fingerprint density at radius 3 is 3.09 bits per heavy atom. The summed E-state index contributed by atoms with van der Waals surface area (Å²) >= 11 is 1.79. The van der Waals surface area contributed by atoms with Gasteiger partial charge in [0.15, 0.2) is 5.82 Å². The standard InChI is InChI=1S/C15H21N5OS/c1-4-12-11-6-8-22-13(11)5-7-20(12)15(21)17-10(2)14-18-16-9-19(14)3/h6,8-10,12H,4-5,7H2,1-3H3,(H,17,21)/t10-,12+/m1/s1. The molecule has 3 rings (SSSR count). The quantitative estimate of drug-likeness (QED) is 0.946. The molecule has 6 nitrogen and oxygen atoms in total. The molecule has 118 valence electrons. The molecule has 2 aromatic rings. The summed E-state index contributed by atoms with van der Waals surface area (Å²) in [5.41, 5.74) is 1.31. The van der Waals surface area contributed by atoms with Crippen molar-refractivity contribution >= 4 is 17.4 Å². The van der Waals surface area contributed by atoms with Crippen molar-refractivity contribution in [3.8, 4) is 0 Å². The number of aryl methyl sites for hydroxylation is 1. The first-order valence-corrected chi connectivity index (χ1v) is 8.47. The number of amides is 2. The van der Waals surface area contributed by atoms with Crippen LogP contribution in [0.15, 0.2) is 17.8 Å². The fourth-order valence-electron chi connectivity index (χ4n) is 3.10. The Morgan fingerprint density at radius 2 is 2.41 bits per heavy atom. The molecule has 0 aromatic carbocycles. The molecule has 0 fully saturated rings. The maximum absolute atomic E-state index is 12.7. The first kappa shape index (κ1) is 15.0. The topological polar surface area (TPSA) is 63.1 Å². The third kappa shape index (κ3) is 2.61. The molecule has 0 radical (unpaired) electrons. The highest BCUT2D eigenvalue weighted by molar-refractivity contribution is 7.10. The predicted octanol–water partition coefficient (Wildman–Crippen LogP) is 2.66. The summed E-state index contributed by atoms with van der Waals surface area (Å²) in [6, 6.07) is 2.13. The summed E-state index contributed by atoms with van der Waals surface area (Å²) in [6.45, 7) is 4.83. The van der Waals surface area contributed by atoms with Gasteiger partial charge in [0.25, 0.3) is 0 Å². The van der Waals surface area contributed by atoms with E-state index in [1.807, 2.05) is 23.4 Å². The van der Waals surface area contributed by atoms with E-state index in [4.69, 9.17) is 0 Å². The van der Waals surface area contributed by atoms with Crippen molar-refractivity contribution < 1.29 is 4.79 Å². The lowest BCUT2D eigenvalue weighted by Gasteiger charge is -2.36. The Morgan fingerprint density at radius 1 is 1.59 bits per heavy atom. The Hall–Kier alpha value is -1.89. The average molecular weight is 319 g/mol. The van der Waals surface area contributed by atoms with Crippen LogP contribution >= 0.6 is 11.3 Å². The van der Waals surface area contributed by atoms with Crippen LogP contribution in [0.3, 0.4) is 0 Å². The number of nitrogens with one attached hydrogen (secondary N) is 1. The molecule has 0 saturated carbocycles. The number of rotatable bonds is 3. The van der Waals surface area contributed by atoms with Gasteiger partial charge in [-0.1, -0.05) is 6.92 Å². The number of carbonyl (C=O) groups excluding carboxylic acids is 1. The molecule has 22 heavy (non-hydrogen) atoms. The number of carbonyl (C=O) groups is 1. The van der Waals surface area contributed by atoms with Crippen LogP contribution in [0.25, 0.3) is 0 Å². The Balaban J connectivity index is 1.74. The Labute approximate surface area is 134 Å². The monoisotopic (exact) mass is 319 g/mol. The first-order valence-electron chi connectivity index (χ1n) is 7.59. The molecule has 2 atom stereocenters. The molecule has 7 heteroatoms. The molecule has 0 aliphatic carbocycles. The second-order valence-electron chi connectivity index (χ2n) is 5.64. The fourth-order valence-corrected chi connectivity index (χ4v) is 4.02. The van der Waals surface area contributed by atoms with Gasteiger partial charge in [0.05, 0.1) is 12.1 Å². The maximum Gasteiger partial charge on any atom is 0.318 e. The third-order valence-electron chi connectivity index (χ3n) is 4.22. The van der Waals surface area contributed by atoms with Gasteiger partial charge in [-0.15, -0.1) is 21.5 Å². The molecule has 2 aromatic heterocycles. The van der Waals surface area contributed by atoms with E-state index in [0.29, 0.717) is 0 Å². The molecule has 2 amide bonds. The predicted molar refractivity (Wildman–Crippen MR) is 85.7 cm³/mol. The zero-order valence-corrected chi connectivity index (χ0v) is 13.9. The number of nitrogens with zero attached hydrogens (tertiary/aromatic N) is 4.